The van der Waals surface area contributed by atoms with Crippen molar-refractivity contribution in [2.75, 3.05) is 26.8 Å². The summed E-state index contributed by atoms with van der Waals surface area (Å²) in [5.74, 6) is -0.538. The number of benzene rings is 3. The van der Waals surface area contributed by atoms with Gasteiger partial charge in [0.1, 0.15) is 11.4 Å². The highest BCUT2D eigenvalue weighted by Gasteiger charge is 2.30. The van der Waals surface area contributed by atoms with Crippen LogP contribution in [0.1, 0.15) is 48.7 Å². The zero-order chi connectivity index (χ0) is 28.9. The van der Waals surface area contributed by atoms with Crippen LogP contribution in [-0.2, 0) is 15.9 Å². The quantitative estimate of drug-likeness (QED) is 0.397. The summed E-state index contributed by atoms with van der Waals surface area (Å²) in [7, 11) is 1.61. The third kappa shape index (κ3) is 7.04. The van der Waals surface area contributed by atoms with Crippen LogP contribution in [0.2, 0.25) is 0 Å². The van der Waals surface area contributed by atoms with Crippen LogP contribution in [0.4, 0.5) is 9.18 Å². The van der Waals surface area contributed by atoms with E-state index in [1.54, 1.807) is 81.3 Å². The highest BCUT2D eigenvalue weighted by Crippen LogP contribution is 2.35. The number of carbonyl (C=O) groups is 2. The van der Waals surface area contributed by atoms with E-state index < -0.39 is 11.7 Å². The predicted molar refractivity (Wildman–Crippen MR) is 151 cm³/mol. The van der Waals surface area contributed by atoms with Gasteiger partial charge >= 0.3 is 6.09 Å². The minimum atomic E-state index is -0.606. The molecule has 1 aliphatic heterocycles. The van der Waals surface area contributed by atoms with Crippen molar-refractivity contribution in [1.29, 1.82) is 5.26 Å². The molecular weight excluding hydrogens is 509 g/mol. The Morgan fingerprint density at radius 3 is 2.42 bits per heavy atom. The van der Waals surface area contributed by atoms with Crippen LogP contribution in [0.15, 0.2) is 60.7 Å². The molecule has 1 N–H and O–H groups in total. The molecule has 8 heteroatoms. The smallest absolute Gasteiger partial charge is 0.407 e. The van der Waals surface area contributed by atoms with Crippen molar-refractivity contribution in [3.63, 3.8) is 0 Å². The summed E-state index contributed by atoms with van der Waals surface area (Å²) in [5.41, 5.74) is 3.69. The molecule has 1 heterocycles. The number of amides is 2. The first-order valence-corrected chi connectivity index (χ1v) is 13.3. The van der Waals surface area contributed by atoms with E-state index in [4.69, 9.17) is 9.47 Å². The highest BCUT2D eigenvalue weighted by atomic mass is 19.1. The maximum atomic E-state index is 15.3. The van der Waals surface area contributed by atoms with Crippen LogP contribution >= 0.6 is 0 Å². The molecule has 0 spiro atoms. The number of alkyl carbamates (subject to hydrolysis) is 1. The van der Waals surface area contributed by atoms with Gasteiger partial charge in [0.05, 0.1) is 24.3 Å². The van der Waals surface area contributed by atoms with Crippen molar-refractivity contribution in [1.82, 2.24) is 10.2 Å². The van der Waals surface area contributed by atoms with Crippen LogP contribution in [0.25, 0.3) is 22.3 Å². The van der Waals surface area contributed by atoms with E-state index >= 15 is 4.39 Å². The van der Waals surface area contributed by atoms with Crippen molar-refractivity contribution in [2.24, 2.45) is 0 Å². The van der Waals surface area contributed by atoms with Gasteiger partial charge in [0.15, 0.2) is 0 Å². The molecule has 3 aromatic rings. The third-order valence-corrected chi connectivity index (χ3v) is 6.71. The molecule has 3 aromatic carbocycles. The third-order valence-electron chi connectivity index (χ3n) is 6.71. The average molecular weight is 544 g/mol. The number of methoxy groups -OCH3 is 1. The minimum absolute atomic E-state index is 0.176. The molecule has 208 valence electrons. The molecule has 0 saturated carbocycles. The lowest BCUT2D eigenvalue weighted by molar-refractivity contribution is 0.0502. The first-order chi connectivity index (χ1) is 19.1. The molecule has 0 bridgehead atoms. The Morgan fingerprint density at radius 2 is 1.77 bits per heavy atom. The van der Waals surface area contributed by atoms with Crippen LogP contribution in [0, 0.1) is 17.1 Å². The van der Waals surface area contributed by atoms with E-state index in [-0.39, 0.29) is 17.8 Å². The predicted octanol–water partition coefficient (Wildman–Crippen LogP) is 5.96. The number of nitriles is 1. The van der Waals surface area contributed by atoms with Crippen molar-refractivity contribution < 1.29 is 23.5 Å². The minimum Gasteiger partial charge on any atom is -0.444 e. The number of likely N-dealkylation sites (tertiary alicyclic amines) is 1. The van der Waals surface area contributed by atoms with Gasteiger partial charge in [-0.3, -0.25) is 4.79 Å². The monoisotopic (exact) mass is 543 g/mol. The second-order valence-electron chi connectivity index (χ2n) is 10.9. The van der Waals surface area contributed by atoms with E-state index in [2.05, 4.69) is 11.4 Å². The second-order valence-corrected chi connectivity index (χ2v) is 10.9. The Hall–Kier alpha value is -4.22. The fourth-order valence-electron chi connectivity index (χ4n) is 4.75. The van der Waals surface area contributed by atoms with E-state index in [1.165, 1.54) is 6.07 Å². The van der Waals surface area contributed by atoms with Crippen molar-refractivity contribution >= 4 is 12.0 Å². The summed E-state index contributed by atoms with van der Waals surface area (Å²) in [4.78, 5) is 27.4. The molecular formula is C32H34FN3O4. The maximum absolute atomic E-state index is 15.3. The first kappa shape index (κ1) is 28.8. The number of hydrogen-bond donors (Lipinski definition) is 1. The van der Waals surface area contributed by atoms with Crippen LogP contribution in [-0.4, -0.2) is 55.3 Å². The first-order valence-electron chi connectivity index (χ1n) is 13.3. The largest absolute Gasteiger partial charge is 0.444 e. The summed E-state index contributed by atoms with van der Waals surface area (Å²) in [6.07, 6.45) is 0.713. The summed E-state index contributed by atoms with van der Waals surface area (Å²) >= 11 is 0. The molecule has 1 aliphatic rings. The summed E-state index contributed by atoms with van der Waals surface area (Å²) in [6.45, 7) is 6.75. The molecule has 4 rings (SSSR count). The summed E-state index contributed by atoms with van der Waals surface area (Å²) < 4.78 is 25.8. The standard InChI is InChI=1S/C32H34FN3O4/c1-32(2,3)40-31(38)35-25-13-15-36(20-25)30(37)24-10-12-26(27-11-7-21(14-16-39-4)17-29(27)33)28(18-24)23-8-5-22(19-34)6-9-23/h5-12,17-18,25H,13-16,20H2,1-4H3,(H,35,38)/t25-/m0/s1. The number of nitrogens with one attached hydrogen (secondary N) is 1. The van der Waals surface area contributed by atoms with E-state index in [1.807, 2.05) is 6.07 Å². The van der Waals surface area contributed by atoms with Gasteiger partial charge in [-0.05, 0) is 86.2 Å². The lowest BCUT2D eigenvalue weighted by atomic mass is 9.91. The normalized spacial score (nSPS) is 15.0. The Morgan fingerprint density at radius 1 is 1.05 bits per heavy atom. The number of hydrogen-bond acceptors (Lipinski definition) is 5. The fraction of sp³-hybridized carbons (Fsp3) is 0.344. The number of nitrogens with zero attached hydrogens (tertiary/aromatic N) is 2. The van der Waals surface area contributed by atoms with Crippen LogP contribution in [0.5, 0.6) is 0 Å². The molecule has 1 fully saturated rings. The van der Waals surface area contributed by atoms with Gasteiger partial charge in [-0.2, -0.15) is 5.26 Å². The SMILES string of the molecule is COCCc1ccc(-c2ccc(C(=O)N3CC[C@H](NC(=O)OC(C)(C)C)C3)cc2-c2ccc(C#N)cc2)c(F)c1. The second kappa shape index (κ2) is 12.3. The molecule has 0 unspecified atom stereocenters. The molecule has 1 atom stereocenters. The van der Waals surface area contributed by atoms with Gasteiger partial charge in [-0.25, -0.2) is 9.18 Å². The fourth-order valence-corrected chi connectivity index (χ4v) is 4.75. The van der Waals surface area contributed by atoms with Crippen LogP contribution in [0.3, 0.4) is 0 Å². The molecule has 2 amide bonds. The number of rotatable bonds is 7. The van der Waals surface area contributed by atoms with Gasteiger partial charge in [-0.15, -0.1) is 0 Å². The van der Waals surface area contributed by atoms with Crippen molar-refractivity contribution in [2.45, 2.75) is 45.3 Å². The molecule has 1 saturated heterocycles. The molecule has 40 heavy (non-hydrogen) atoms. The Kier molecular flexibility index (Phi) is 8.86. The summed E-state index contributed by atoms with van der Waals surface area (Å²) in [5, 5.41) is 12.1. The molecule has 0 aromatic heterocycles. The van der Waals surface area contributed by atoms with Crippen molar-refractivity contribution in [3.8, 4) is 28.3 Å². The molecule has 0 radical (unpaired) electrons. The lowest BCUT2D eigenvalue weighted by Crippen LogP contribution is -2.41. The van der Waals surface area contributed by atoms with E-state index in [9.17, 15) is 14.9 Å². The Labute approximate surface area is 234 Å². The lowest BCUT2D eigenvalue weighted by Gasteiger charge is -2.22. The zero-order valence-electron chi connectivity index (χ0n) is 23.3. The van der Waals surface area contributed by atoms with Gasteiger partial charge < -0.3 is 19.7 Å². The maximum Gasteiger partial charge on any atom is 0.407 e. The van der Waals surface area contributed by atoms with Crippen LogP contribution < -0.4 is 5.32 Å². The zero-order valence-corrected chi connectivity index (χ0v) is 23.3. The summed E-state index contributed by atoms with van der Waals surface area (Å²) in [6, 6.07) is 19.3. The van der Waals surface area contributed by atoms with E-state index in [0.29, 0.717) is 60.4 Å². The number of ether oxygens (including phenoxy) is 2. The van der Waals surface area contributed by atoms with Gasteiger partial charge in [-0.1, -0.05) is 30.3 Å². The Balaban J connectivity index is 1.62. The number of halogens is 1. The van der Waals surface area contributed by atoms with Gasteiger partial charge in [0.2, 0.25) is 0 Å². The Bertz CT molecular complexity index is 1420. The van der Waals surface area contributed by atoms with Gasteiger partial charge in [0, 0.05) is 31.3 Å². The average Bonchev–Trinajstić information content (AvgIpc) is 3.38. The molecule has 0 aliphatic carbocycles. The van der Waals surface area contributed by atoms with E-state index in [0.717, 1.165) is 11.1 Å². The van der Waals surface area contributed by atoms with Gasteiger partial charge in [0.25, 0.3) is 5.91 Å². The molecule has 7 nitrogen and oxygen atoms in total. The van der Waals surface area contributed by atoms with Crippen molar-refractivity contribution in [3.05, 3.63) is 83.2 Å². The topological polar surface area (TPSA) is 91.7 Å². The number of carbonyl (C=O) groups excluding carboxylic acids is 2. The highest BCUT2D eigenvalue weighted by molar-refractivity contribution is 5.98.